The van der Waals surface area contributed by atoms with E-state index in [-0.39, 0.29) is 0 Å². The zero-order chi connectivity index (χ0) is 13.4. The maximum absolute atomic E-state index is 5.33. The van der Waals surface area contributed by atoms with Crippen LogP contribution in [0.4, 0.5) is 5.95 Å². The molecule has 1 unspecified atom stereocenters. The van der Waals surface area contributed by atoms with Crippen molar-refractivity contribution in [3.05, 3.63) is 26.7 Å². The average molecular weight is 294 g/mol. The second kappa shape index (κ2) is 5.09. The zero-order valence-electron chi connectivity index (χ0n) is 11.2. The Morgan fingerprint density at radius 1 is 1.58 bits per heavy atom. The van der Waals surface area contributed by atoms with Crippen LogP contribution in [0.1, 0.15) is 36.8 Å². The third-order valence-electron chi connectivity index (χ3n) is 3.72. The molecule has 2 aromatic rings. The normalized spacial score (nSPS) is 18.6. The van der Waals surface area contributed by atoms with Crippen LogP contribution in [0.5, 0.6) is 0 Å². The molecule has 1 atom stereocenters. The number of nitrogens with zero attached hydrogens (tertiary/aromatic N) is 3. The van der Waals surface area contributed by atoms with Crippen LogP contribution in [0.25, 0.3) is 0 Å². The summed E-state index contributed by atoms with van der Waals surface area (Å²) in [7, 11) is 0. The van der Waals surface area contributed by atoms with Crippen molar-refractivity contribution in [2.75, 3.05) is 11.4 Å². The van der Waals surface area contributed by atoms with Crippen molar-refractivity contribution in [1.29, 1.82) is 0 Å². The minimum atomic E-state index is 0.371. The van der Waals surface area contributed by atoms with Crippen molar-refractivity contribution >= 4 is 29.5 Å². The number of hydrogen-bond donors (Lipinski definition) is 1. The van der Waals surface area contributed by atoms with Gasteiger partial charge in [0.05, 0.1) is 6.04 Å². The van der Waals surface area contributed by atoms with Crippen molar-refractivity contribution in [2.45, 2.75) is 39.3 Å². The van der Waals surface area contributed by atoms with Gasteiger partial charge in [0.2, 0.25) is 5.95 Å². The molecule has 0 aromatic carbocycles. The summed E-state index contributed by atoms with van der Waals surface area (Å²) in [5, 5.41) is 9.56. The van der Waals surface area contributed by atoms with E-state index in [1.165, 1.54) is 10.4 Å². The quantitative estimate of drug-likeness (QED) is 0.880. The molecule has 0 aliphatic carbocycles. The van der Waals surface area contributed by atoms with Gasteiger partial charge in [0.1, 0.15) is 0 Å². The van der Waals surface area contributed by atoms with E-state index in [1.807, 2.05) is 11.3 Å². The molecule has 0 saturated heterocycles. The second-order valence-corrected chi connectivity index (χ2v) is 6.29. The van der Waals surface area contributed by atoms with Crippen LogP contribution < -0.4 is 4.90 Å². The molecule has 0 spiro atoms. The van der Waals surface area contributed by atoms with Crippen LogP contribution >= 0.6 is 23.6 Å². The molecule has 0 amide bonds. The molecule has 2 aromatic heterocycles. The standard InChI is InChI=1S/C13H18N4S2/c1-3-6-17-12(14-15-13(17)18)16-7-4-11-10(9(16)2)5-8-19-11/h5,8-9H,3-4,6-7H2,1-2H3,(H,15,18). The third kappa shape index (κ3) is 2.12. The monoisotopic (exact) mass is 294 g/mol. The zero-order valence-corrected chi connectivity index (χ0v) is 12.9. The van der Waals surface area contributed by atoms with Crippen LogP contribution in [-0.2, 0) is 13.0 Å². The fraction of sp³-hybridized carbons (Fsp3) is 0.538. The highest BCUT2D eigenvalue weighted by Gasteiger charge is 2.27. The molecule has 3 heterocycles. The summed E-state index contributed by atoms with van der Waals surface area (Å²) in [5.74, 6) is 0.983. The first-order valence-corrected chi connectivity index (χ1v) is 7.99. The SMILES string of the molecule is CCCn1c(N2CCc3sccc3C2C)n[nH]c1=S. The first kappa shape index (κ1) is 12.9. The topological polar surface area (TPSA) is 36.9 Å². The highest BCUT2D eigenvalue weighted by molar-refractivity contribution is 7.71. The summed E-state index contributed by atoms with van der Waals surface area (Å²) >= 11 is 7.19. The Bertz CT molecular complexity index is 625. The minimum Gasteiger partial charge on any atom is -0.334 e. The van der Waals surface area contributed by atoms with Crippen LogP contribution in [0.2, 0.25) is 0 Å². The van der Waals surface area contributed by atoms with Gasteiger partial charge in [-0.15, -0.1) is 16.4 Å². The van der Waals surface area contributed by atoms with Gasteiger partial charge in [0.15, 0.2) is 4.77 Å². The lowest BCUT2D eigenvalue weighted by Gasteiger charge is -2.34. The van der Waals surface area contributed by atoms with Crippen LogP contribution in [-0.4, -0.2) is 21.3 Å². The Kier molecular flexibility index (Phi) is 3.45. The molecule has 0 fully saturated rings. The van der Waals surface area contributed by atoms with Gasteiger partial charge in [-0.25, -0.2) is 5.10 Å². The molecule has 102 valence electrons. The van der Waals surface area contributed by atoms with Crippen LogP contribution in [0, 0.1) is 4.77 Å². The molecule has 1 aliphatic rings. The minimum absolute atomic E-state index is 0.371. The second-order valence-electron chi connectivity index (χ2n) is 4.90. The molecule has 4 nitrogen and oxygen atoms in total. The summed E-state index contributed by atoms with van der Waals surface area (Å²) in [4.78, 5) is 3.87. The summed E-state index contributed by atoms with van der Waals surface area (Å²) < 4.78 is 2.84. The maximum Gasteiger partial charge on any atom is 0.226 e. The Morgan fingerprint density at radius 3 is 3.21 bits per heavy atom. The maximum atomic E-state index is 5.33. The Hall–Kier alpha value is -1.14. The van der Waals surface area contributed by atoms with Crippen LogP contribution in [0.15, 0.2) is 11.4 Å². The van der Waals surface area contributed by atoms with Gasteiger partial charge in [-0.3, -0.25) is 4.57 Å². The van der Waals surface area contributed by atoms with E-state index in [0.29, 0.717) is 6.04 Å². The van der Waals surface area contributed by atoms with Gasteiger partial charge < -0.3 is 4.90 Å². The van der Waals surface area contributed by atoms with E-state index in [0.717, 1.165) is 36.7 Å². The summed E-state index contributed by atoms with van der Waals surface area (Å²) in [6.45, 7) is 6.34. The van der Waals surface area contributed by atoms with Gasteiger partial charge in [-0.2, -0.15) is 0 Å². The van der Waals surface area contributed by atoms with E-state index in [2.05, 4.69) is 45.0 Å². The number of nitrogens with one attached hydrogen (secondary N) is 1. The largest absolute Gasteiger partial charge is 0.334 e. The highest BCUT2D eigenvalue weighted by atomic mass is 32.1. The first-order chi connectivity index (χ1) is 9.22. The number of hydrogen-bond acceptors (Lipinski definition) is 4. The molecule has 0 saturated carbocycles. The summed E-state index contributed by atoms with van der Waals surface area (Å²) in [5.41, 5.74) is 1.44. The number of H-pyrrole nitrogens is 1. The molecule has 0 radical (unpaired) electrons. The van der Waals surface area contributed by atoms with Gasteiger partial charge in [-0.1, -0.05) is 6.92 Å². The lowest BCUT2D eigenvalue weighted by molar-refractivity contribution is 0.578. The Balaban J connectivity index is 1.98. The highest BCUT2D eigenvalue weighted by Crippen LogP contribution is 2.35. The molecule has 19 heavy (non-hydrogen) atoms. The van der Waals surface area contributed by atoms with Gasteiger partial charge in [0.25, 0.3) is 0 Å². The smallest absolute Gasteiger partial charge is 0.226 e. The van der Waals surface area contributed by atoms with Crippen molar-refractivity contribution in [1.82, 2.24) is 14.8 Å². The lowest BCUT2D eigenvalue weighted by Crippen LogP contribution is -2.35. The fourth-order valence-electron chi connectivity index (χ4n) is 2.74. The molecule has 0 bridgehead atoms. The molecule has 6 heteroatoms. The van der Waals surface area contributed by atoms with Crippen molar-refractivity contribution in [2.24, 2.45) is 0 Å². The van der Waals surface area contributed by atoms with E-state index < -0.39 is 0 Å². The number of fused-ring (bicyclic) bond motifs is 1. The Labute approximate surface area is 122 Å². The van der Waals surface area contributed by atoms with Crippen molar-refractivity contribution < 1.29 is 0 Å². The van der Waals surface area contributed by atoms with Gasteiger partial charge in [0, 0.05) is 18.0 Å². The van der Waals surface area contributed by atoms with Crippen molar-refractivity contribution in [3.63, 3.8) is 0 Å². The summed E-state index contributed by atoms with van der Waals surface area (Å²) in [6, 6.07) is 2.61. The van der Waals surface area contributed by atoms with Crippen LogP contribution in [0.3, 0.4) is 0 Å². The van der Waals surface area contributed by atoms with E-state index >= 15 is 0 Å². The number of anilines is 1. The average Bonchev–Trinajstić information content (AvgIpc) is 3.00. The number of aromatic amines is 1. The Morgan fingerprint density at radius 2 is 2.42 bits per heavy atom. The lowest BCUT2D eigenvalue weighted by atomic mass is 10.0. The number of aromatic nitrogens is 3. The molecule has 1 aliphatic heterocycles. The molecular formula is C13H18N4S2. The van der Waals surface area contributed by atoms with Crippen molar-refractivity contribution in [3.8, 4) is 0 Å². The predicted molar refractivity (Wildman–Crippen MR) is 81.5 cm³/mol. The summed E-state index contributed by atoms with van der Waals surface area (Å²) in [6.07, 6.45) is 2.16. The van der Waals surface area contributed by atoms with E-state index in [1.54, 1.807) is 0 Å². The molecule has 1 N–H and O–H groups in total. The third-order valence-corrected chi connectivity index (χ3v) is 5.03. The fourth-order valence-corrected chi connectivity index (χ4v) is 3.92. The van der Waals surface area contributed by atoms with E-state index in [4.69, 9.17) is 12.2 Å². The molecular weight excluding hydrogens is 276 g/mol. The van der Waals surface area contributed by atoms with Gasteiger partial charge >= 0.3 is 0 Å². The molecule has 3 rings (SSSR count). The van der Waals surface area contributed by atoms with Gasteiger partial charge in [-0.05, 0) is 49.0 Å². The first-order valence-electron chi connectivity index (χ1n) is 6.70. The van der Waals surface area contributed by atoms with E-state index in [9.17, 15) is 0 Å². The predicted octanol–water partition coefficient (Wildman–Crippen LogP) is 3.54. The number of thiophene rings is 1. The number of rotatable bonds is 3.